The second kappa shape index (κ2) is 15.1. The number of rotatable bonds is 9. The quantitative estimate of drug-likeness (QED) is 0.0693. The van der Waals surface area contributed by atoms with E-state index in [-0.39, 0.29) is 35.6 Å². The van der Waals surface area contributed by atoms with E-state index in [4.69, 9.17) is 10.7 Å². The van der Waals surface area contributed by atoms with Crippen molar-refractivity contribution in [2.45, 2.75) is 102 Å². The van der Waals surface area contributed by atoms with Crippen molar-refractivity contribution in [3.8, 4) is 27.3 Å². The molecule has 0 spiro atoms. The maximum atomic E-state index is 13.6. The third-order valence-corrected chi connectivity index (χ3v) is 12.2. The number of nitrogens with one attached hydrogen (secondary N) is 2. The number of aliphatic imine (C=N–C) groups is 1. The number of guanidine groups is 1. The van der Waals surface area contributed by atoms with Gasteiger partial charge in [-0.1, -0.05) is 37.3 Å². The number of carbonyl (C=O) groups is 1. The van der Waals surface area contributed by atoms with Crippen LogP contribution in [0.1, 0.15) is 97.3 Å². The topological polar surface area (TPSA) is 120 Å². The van der Waals surface area contributed by atoms with Crippen LogP contribution >= 0.6 is 22.7 Å². The van der Waals surface area contributed by atoms with Crippen LogP contribution in [0.15, 0.2) is 47.5 Å². The molecule has 3 atom stereocenters. The average Bonchev–Trinajstić information content (AvgIpc) is 3.75. The van der Waals surface area contributed by atoms with E-state index in [1.54, 1.807) is 29.6 Å². The number of ketones is 1. The van der Waals surface area contributed by atoms with Crippen LogP contribution in [-0.4, -0.2) is 46.2 Å². The van der Waals surface area contributed by atoms with Crippen molar-refractivity contribution in [1.82, 2.24) is 5.32 Å². The highest BCUT2D eigenvalue weighted by Crippen LogP contribution is 2.39. The SMILES string of the molecule is CC#Cc1ccc(-c2ccc(C(=O)C3CCC(C(Cc4cc(O)c5c(c4)NC(C(C)O)C=C5)NC(N)=NC4CCCCC4)CC3)s2)s1. The van der Waals surface area contributed by atoms with Gasteiger partial charge in [-0.2, -0.15) is 0 Å². The van der Waals surface area contributed by atoms with Gasteiger partial charge in [-0.3, -0.25) is 9.79 Å². The maximum absolute atomic E-state index is 13.6. The molecule has 2 aromatic heterocycles. The third kappa shape index (κ3) is 8.11. The van der Waals surface area contributed by atoms with Crippen LogP contribution in [0.25, 0.3) is 15.8 Å². The minimum atomic E-state index is -0.557. The molecule has 1 aliphatic heterocycles. The molecule has 0 saturated heterocycles. The van der Waals surface area contributed by atoms with Gasteiger partial charge in [-0.25, -0.2) is 0 Å². The van der Waals surface area contributed by atoms with Crippen molar-refractivity contribution in [1.29, 1.82) is 0 Å². The second-order valence-corrected chi connectivity index (χ2v) is 15.5. The van der Waals surface area contributed by atoms with Crippen LogP contribution in [0, 0.1) is 23.7 Å². The van der Waals surface area contributed by atoms with E-state index in [0.717, 1.165) is 74.8 Å². The van der Waals surface area contributed by atoms with Crippen LogP contribution in [0.4, 0.5) is 5.69 Å². The van der Waals surface area contributed by atoms with Crippen molar-refractivity contribution in [3.63, 3.8) is 0 Å². The number of phenolic OH excluding ortho intramolecular Hbond substituents is 1. The molecule has 6 N–H and O–H groups in total. The van der Waals surface area contributed by atoms with Crippen molar-refractivity contribution in [3.05, 3.63) is 63.4 Å². The molecule has 0 bridgehead atoms. The Balaban J connectivity index is 1.15. The minimum absolute atomic E-state index is 0.00937. The van der Waals surface area contributed by atoms with E-state index < -0.39 is 6.10 Å². The lowest BCUT2D eigenvalue weighted by molar-refractivity contribution is 0.0867. The molecule has 3 unspecified atom stereocenters. The average molecular weight is 671 g/mol. The summed E-state index contributed by atoms with van der Waals surface area (Å²) in [6.07, 6.45) is 13.2. The van der Waals surface area contributed by atoms with E-state index in [9.17, 15) is 15.0 Å². The molecule has 248 valence electrons. The highest BCUT2D eigenvalue weighted by atomic mass is 32.1. The van der Waals surface area contributed by atoms with E-state index in [1.165, 1.54) is 19.3 Å². The molecule has 2 saturated carbocycles. The predicted molar refractivity (Wildman–Crippen MR) is 195 cm³/mol. The first-order valence-corrected chi connectivity index (χ1v) is 18.7. The number of aromatic hydroxyl groups is 1. The minimum Gasteiger partial charge on any atom is -0.507 e. The Kier molecular flexibility index (Phi) is 10.7. The Hall–Kier alpha value is -3.58. The highest BCUT2D eigenvalue weighted by molar-refractivity contribution is 7.23. The van der Waals surface area contributed by atoms with Crippen LogP contribution < -0.4 is 16.4 Å². The summed E-state index contributed by atoms with van der Waals surface area (Å²) in [5.74, 6) is 7.35. The lowest BCUT2D eigenvalue weighted by atomic mass is 9.75. The lowest BCUT2D eigenvalue weighted by Gasteiger charge is -2.35. The van der Waals surface area contributed by atoms with Gasteiger partial charge in [0, 0.05) is 33.0 Å². The number of aliphatic hydroxyl groups is 1. The molecule has 3 aliphatic rings. The first-order valence-electron chi connectivity index (χ1n) is 17.0. The van der Waals surface area contributed by atoms with Gasteiger partial charge in [0.05, 0.1) is 27.9 Å². The molecule has 9 heteroatoms. The zero-order valence-electron chi connectivity index (χ0n) is 27.3. The fraction of sp³-hybridized carbons (Fsp3) is 0.474. The van der Waals surface area contributed by atoms with E-state index in [2.05, 4.69) is 40.7 Å². The Morgan fingerprint density at radius 2 is 1.81 bits per heavy atom. The first-order chi connectivity index (χ1) is 22.8. The fourth-order valence-electron chi connectivity index (χ4n) is 7.29. The molecule has 3 heterocycles. The predicted octanol–water partition coefficient (Wildman–Crippen LogP) is 7.58. The summed E-state index contributed by atoms with van der Waals surface area (Å²) < 4.78 is 0. The molecule has 2 aliphatic carbocycles. The van der Waals surface area contributed by atoms with E-state index >= 15 is 0 Å². The summed E-state index contributed by atoms with van der Waals surface area (Å²) >= 11 is 3.25. The summed E-state index contributed by atoms with van der Waals surface area (Å²) in [5, 5.41) is 28.0. The Morgan fingerprint density at radius 3 is 2.55 bits per heavy atom. The van der Waals surface area contributed by atoms with Gasteiger partial charge in [-0.15, -0.1) is 28.6 Å². The number of carbonyl (C=O) groups excluding carboxylic acids is 1. The number of hydrogen-bond donors (Lipinski definition) is 5. The number of thiophene rings is 2. The Morgan fingerprint density at radius 1 is 1.06 bits per heavy atom. The summed E-state index contributed by atoms with van der Waals surface area (Å²) in [6.45, 7) is 3.60. The standard InChI is InChI=1S/C38H46N4O3S2/c1-3-7-28-14-17-34(46-28)35-18-19-36(47-35)37(45)26-12-10-25(11-13-26)31(42-38(39)40-27-8-5-4-6-9-27)20-24-21-32-29(33(44)22-24)15-16-30(41-32)23(2)43/h14-19,21-23,25-27,30-31,41,43-44H,4-6,8-13,20H2,1-2H3,(H3,39,40,42). The van der Waals surface area contributed by atoms with Gasteiger partial charge in [0.1, 0.15) is 5.75 Å². The summed E-state index contributed by atoms with van der Waals surface area (Å²) in [5.41, 5.74) is 9.10. The van der Waals surface area contributed by atoms with Crippen molar-refractivity contribution >= 4 is 46.2 Å². The Labute approximate surface area is 286 Å². The van der Waals surface area contributed by atoms with Gasteiger partial charge in [0.15, 0.2) is 11.7 Å². The zero-order valence-corrected chi connectivity index (χ0v) is 28.9. The molecule has 0 amide bonds. The lowest BCUT2D eigenvalue weighted by Crippen LogP contribution is -2.47. The molecule has 2 fully saturated rings. The summed E-state index contributed by atoms with van der Waals surface area (Å²) in [6, 6.07) is 12.2. The van der Waals surface area contributed by atoms with Crippen LogP contribution in [0.5, 0.6) is 5.75 Å². The summed E-state index contributed by atoms with van der Waals surface area (Å²) in [4.78, 5) is 22.7. The molecular formula is C38H46N4O3S2. The number of anilines is 1. The monoisotopic (exact) mass is 670 g/mol. The van der Waals surface area contributed by atoms with Crippen molar-refractivity contribution < 1.29 is 15.0 Å². The van der Waals surface area contributed by atoms with Crippen LogP contribution in [0.2, 0.25) is 0 Å². The van der Waals surface area contributed by atoms with Gasteiger partial charge < -0.3 is 26.6 Å². The van der Waals surface area contributed by atoms with Gasteiger partial charge in [0.2, 0.25) is 0 Å². The van der Waals surface area contributed by atoms with Crippen LogP contribution in [0.3, 0.4) is 0 Å². The van der Waals surface area contributed by atoms with Gasteiger partial charge >= 0.3 is 0 Å². The summed E-state index contributed by atoms with van der Waals surface area (Å²) in [7, 11) is 0. The number of fused-ring (bicyclic) bond motifs is 1. The van der Waals surface area contributed by atoms with Gasteiger partial charge in [-0.05, 0) is 107 Å². The normalized spacial score (nSPS) is 22.8. The van der Waals surface area contributed by atoms with Gasteiger partial charge in [0.25, 0.3) is 0 Å². The maximum Gasteiger partial charge on any atom is 0.189 e. The Bertz CT molecular complexity index is 1680. The third-order valence-electron chi connectivity index (χ3n) is 9.87. The molecule has 1 aromatic carbocycles. The number of aliphatic hydroxyl groups excluding tert-OH is 1. The largest absolute Gasteiger partial charge is 0.507 e. The van der Waals surface area contributed by atoms with E-state index in [1.807, 2.05) is 37.3 Å². The number of phenols is 1. The van der Waals surface area contributed by atoms with Crippen LogP contribution in [-0.2, 0) is 6.42 Å². The molecule has 7 nitrogen and oxygen atoms in total. The highest BCUT2D eigenvalue weighted by Gasteiger charge is 2.33. The smallest absolute Gasteiger partial charge is 0.189 e. The molecule has 47 heavy (non-hydrogen) atoms. The second-order valence-electron chi connectivity index (χ2n) is 13.3. The zero-order chi connectivity index (χ0) is 32.9. The number of Topliss-reactive ketones (excluding diaryl/α,β-unsaturated/α-hetero) is 1. The number of nitrogens with two attached hydrogens (primary N) is 1. The van der Waals surface area contributed by atoms with Crippen molar-refractivity contribution in [2.75, 3.05) is 5.32 Å². The number of hydrogen-bond acceptors (Lipinski definition) is 7. The fourth-order valence-corrected chi connectivity index (χ4v) is 9.32. The molecule has 6 rings (SSSR count). The number of benzene rings is 1. The molecule has 3 aromatic rings. The molecule has 0 radical (unpaired) electrons. The first kappa shape index (κ1) is 33.3. The van der Waals surface area contributed by atoms with Crippen molar-refractivity contribution in [2.24, 2.45) is 22.6 Å². The number of nitrogens with zero attached hydrogens (tertiary/aromatic N) is 1. The van der Waals surface area contributed by atoms with E-state index in [0.29, 0.717) is 18.3 Å². The molecular weight excluding hydrogens is 625 g/mol.